The van der Waals surface area contributed by atoms with Crippen LogP contribution >= 0.6 is 0 Å². The number of nitrogens with zero attached hydrogens (tertiary/aromatic N) is 2. The topological polar surface area (TPSA) is 52.4 Å². The Labute approximate surface area is 235 Å². The van der Waals surface area contributed by atoms with Crippen molar-refractivity contribution in [3.8, 4) is 11.5 Å². The molecule has 0 N–H and O–H groups in total. The van der Waals surface area contributed by atoms with Crippen molar-refractivity contribution in [2.45, 2.75) is 37.1 Å². The number of hydrogen-bond donors (Lipinski definition) is 0. The van der Waals surface area contributed by atoms with E-state index in [0.29, 0.717) is 23.3 Å². The van der Waals surface area contributed by atoms with Gasteiger partial charge in [-0.25, -0.2) is 0 Å². The molecular formula is C32H22N2O3Pt. The summed E-state index contributed by atoms with van der Waals surface area (Å²) in [5.74, 6) is 2.39. The van der Waals surface area contributed by atoms with E-state index < -0.39 is 0 Å². The van der Waals surface area contributed by atoms with Gasteiger partial charge in [-0.1, -0.05) is 71.8 Å². The van der Waals surface area contributed by atoms with Crippen LogP contribution in [0.4, 0.5) is 0 Å². The first kappa shape index (κ1) is 23.4. The number of ether oxygens (including phenoxy) is 3. The molecule has 0 amide bonds. The van der Waals surface area contributed by atoms with Crippen LogP contribution in [0.2, 0.25) is 0 Å². The molecule has 4 atom stereocenters. The molecule has 6 heteroatoms. The second kappa shape index (κ2) is 9.25. The monoisotopic (exact) mass is 677 g/mol. The van der Waals surface area contributed by atoms with Crippen LogP contribution in [0, 0.1) is 12.1 Å². The van der Waals surface area contributed by atoms with Gasteiger partial charge in [0.05, 0.1) is 0 Å². The normalized spacial score (nSPS) is 23.6. The van der Waals surface area contributed by atoms with Crippen LogP contribution in [0.5, 0.6) is 11.5 Å². The van der Waals surface area contributed by atoms with E-state index in [1.54, 1.807) is 0 Å². The van der Waals surface area contributed by atoms with E-state index in [1.165, 1.54) is 22.3 Å². The van der Waals surface area contributed by atoms with Crippen molar-refractivity contribution in [2.75, 3.05) is 0 Å². The Balaban J connectivity index is 0.00000242. The average Bonchev–Trinajstić information content (AvgIpc) is 3.68. The minimum Gasteiger partial charge on any atom is -0.514 e. The molecule has 0 aromatic heterocycles. The maximum absolute atomic E-state index is 6.23. The molecule has 4 aliphatic rings. The van der Waals surface area contributed by atoms with E-state index in [1.807, 2.05) is 36.4 Å². The molecule has 5 nitrogen and oxygen atoms in total. The zero-order chi connectivity index (χ0) is 24.3. The van der Waals surface area contributed by atoms with E-state index in [9.17, 15) is 0 Å². The number of rotatable bonds is 4. The molecule has 2 aliphatic heterocycles. The Morgan fingerprint density at radius 1 is 0.605 bits per heavy atom. The van der Waals surface area contributed by atoms with Gasteiger partial charge in [0.25, 0.3) is 0 Å². The molecule has 188 valence electrons. The van der Waals surface area contributed by atoms with E-state index in [4.69, 9.17) is 24.2 Å². The molecule has 4 aromatic carbocycles. The van der Waals surface area contributed by atoms with Crippen molar-refractivity contribution in [2.24, 2.45) is 9.98 Å². The van der Waals surface area contributed by atoms with Crippen molar-refractivity contribution >= 4 is 11.8 Å². The Morgan fingerprint density at radius 3 is 1.58 bits per heavy atom. The SMILES string of the molecule is [Pt+2].[c-]1c(Oc2[c-]c(C3=N[C@H]4c5ccccc5C[C@H]4O3)ccc2)cccc1C1=N[C@H]2c3ccccc3CC2O1. The predicted octanol–water partition coefficient (Wildman–Crippen LogP) is 5.96. The van der Waals surface area contributed by atoms with E-state index >= 15 is 0 Å². The van der Waals surface area contributed by atoms with Gasteiger partial charge in [0.2, 0.25) is 0 Å². The van der Waals surface area contributed by atoms with Crippen LogP contribution in [-0.4, -0.2) is 24.0 Å². The van der Waals surface area contributed by atoms with Crippen LogP contribution in [0.25, 0.3) is 0 Å². The van der Waals surface area contributed by atoms with Crippen molar-refractivity contribution < 1.29 is 35.3 Å². The van der Waals surface area contributed by atoms with Gasteiger partial charge in [0.1, 0.15) is 36.1 Å². The summed E-state index contributed by atoms with van der Waals surface area (Å²) >= 11 is 0. The minimum atomic E-state index is 0. The average molecular weight is 678 g/mol. The van der Waals surface area contributed by atoms with Crippen LogP contribution in [0.3, 0.4) is 0 Å². The number of fused-ring (bicyclic) bond motifs is 6. The second-order valence-electron chi connectivity index (χ2n) is 9.84. The molecule has 0 saturated carbocycles. The van der Waals surface area contributed by atoms with Gasteiger partial charge in [0, 0.05) is 24.3 Å². The molecule has 0 radical (unpaired) electrons. The molecular weight excluding hydrogens is 655 g/mol. The quantitative estimate of drug-likeness (QED) is 0.251. The standard InChI is InChI=1S/C32H22N2O3.Pt/c1-3-13-25-19(7-1)17-27-29(25)33-31(36-27)21-9-5-11-23(15-21)35-24-12-6-10-22(16-24)32-34-30-26-14-4-2-8-20(26)18-28(30)37-32;/h1-14,27-30H,17-18H2;/q-2;+2/t27-,28?,29+,30+;/m1./s1. The zero-order valence-corrected chi connectivity index (χ0v) is 22.5. The Bertz CT molecular complexity index is 1490. The predicted molar refractivity (Wildman–Crippen MR) is 139 cm³/mol. The fraction of sp³-hybridized carbons (Fsp3) is 0.188. The molecule has 0 spiro atoms. The van der Waals surface area contributed by atoms with Crippen molar-refractivity contribution in [1.29, 1.82) is 0 Å². The van der Waals surface area contributed by atoms with Gasteiger partial charge in [-0.2, -0.15) is 0 Å². The van der Waals surface area contributed by atoms with Crippen molar-refractivity contribution in [3.63, 3.8) is 0 Å². The Morgan fingerprint density at radius 2 is 1.08 bits per heavy atom. The van der Waals surface area contributed by atoms with Crippen molar-refractivity contribution in [1.82, 2.24) is 0 Å². The Hall–Kier alpha value is -3.69. The van der Waals surface area contributed by atoms with E-state index in [-0.39, 0.29) is 45.4 Å². The third kappa shape index (κ3) is 3.88. The summed E-state index contributed by atoms with van der Waals surface area (Å²) in [6.45, 7) is 0. The molecule has 4 aromatic rings. The van der Waals surface area contributed by atoms with Gasteiger partial charge in [-0.05, 0) is 22.3 Å². The number of hydrogen-bond acceptors (Lipinski definition) is 5. The molecule has 0 saturated heterocycles. The molecule has 2 heterocycles. The maximum Gasteiger partial charge on any atom is 2.00 e. The fourth-order valence-electron chi connectivity index (χ4n) is 5.84. The van der Waals surface area contributed by atoms with Crippen LogP contribution in [0.1, 0.15) is 45.5 Å². The first-order valence-electron chi connectivity index (χ1n) is 12.7. The smallest absolute Gasteiger partial charge is 0.514 e. The van der Waals surface area contributed by atoms with Crippen LogP contribution < -0.4 is 4.74 Å². The zero-order valence-electron chi connectivity index (χ0n) is 20.2. The van der Waals surface area contributed by atoms with Gasteiger partial charge < -0.3 is 14.2 Å². The van der Waals surface area contributed by atoms with Gasteiger partial charge in [-0.15, -0.1) is 36.4 Å². The number of benzene rings is 4. The van der Waals surface area contributed by atoms with E-state index in [2.05, 4.69) is 60.7 Å². The van der Waals surface area contributed by atoms with Crippen molar-refractivity contribution in [3.05, 3.63) is 130 Å². The third-order valence-electron chi connectivity index (χ3n) is 7.55. The first-order valence-corrected chi connectivity index (χ1v) is 12.7. The summed E-state index contributed by atoms with van der Waals surface area (Å²) in [4.78, 5) is 9.78. The Kier molecular flexibility index (Phi) is 5.70. The second-order valence-corrected chi connectivity index (χ2v) is 9.84. The molecule has 38 heavy (non-hydrogen) atoms. The minimum absolute atomic E-state index is 0. The summed E-state index contributed by atoms with van der Waals surface area (Å²) in [5, 5.41) is 0. The maximum atomic E-state index is 6.23. The molecule has 0 fully saturated rings. The third-order valence-corrected chi connectivity index (χ3v) is 7.55. The fourth-order valence-corrected chi connectivity index (χ4v) is 5.84. The molecule has 8 rings (SSSR count). The molecule has 1 unspecified atom stereocenters. The van der Waals surface area contributed by atoms with Crippen LogP contribution in [-0.2, 0) is 43.4 Å². The van der Waals surface area contributed by atoms with Gasteiger partial charge in [-0.3, -0.25) is 9.98 Å². The molecule has 2 aliphatic carbocycles. The van der Waals surface area contributed by atoms with Gasteiger partial charge in [0.15, 0.2) is 0 Å². The summed E-state index contributed by atoms with van der Waals surface area (Å²) in [7, 11) is 0. The largest absolute Gasteiger partial charge is 2.00 e. The summed E-state index contributed by atoms with van der Waals surface area (Å²) in [6.07, 6.45) is 1.86. The first-order chi connectivity index (χ1) is 18.3. The summed E-state index contributed by atoms with van der Waals surface area (Å²) in [5.41, 5.74) is 6.73. The van der Waals surface area contributed by atoms with Gasteiger partial charge >= 0.3 is 21.1 Å². The summed E-state index contributed by atoms with van der Waals surface area (Å²) < 4.78 is 18.6. The van der Waals surface area contributed by atoms with E-state index in [0.717, 1.165) is 24.0 Å². The molecule has 0 bridgehead atoms. The number of aliphatic imine (C=N–C) groups is 2. The van der Waals surface area contributed by atoms with Crippen LogP contribution in [0.15, 0.2) is 94.9 Å². The summed E-state index contributed by atoms with van der Waals surface area (Å²) in [6, 6.07) is 35.1.